The highest BCUT2D eigenvalue weighted by molar-refractivity contribution is 5.22. The third-order valence-corrected chi connectivity index (χ3v) is 2.61. The van der Waals surface area contributed by atoms with Gasteiger partial charge in [-0.1, -0.05) is 5.16 Å². The quantitative estimate of drug-likeness (QED) is 0.807. The Morgan fingerprint density at radius 2 is 2.15 bits per heavy atom. The van der Waals surface area contributed by atoms with Crippen LogP contribution in [0.3, 0.4) is 0 Å². The topological polar surface area (TPSA) is 67.5 Å². The van der Waals surface area contributed by atoms with Crippen molar-refractivity contribution in [3.05, 3.63) is 47.6 Å². The Kier molecular flexibility index (Phi) is 5.09. The molecule has 1 aromatic carbocycles. The highest BCUT2D eigenvalue weighted by atomic mass is 19.1. The minimum atomic E-state index is -0.663. The van der Waals surface area contributed by atoms with Crippen molar-refractivity contribution >= 4 is 0 Å². The molecule has 2 N–H and O–H groups in total. The van der Waals surface area contributed by atoms with E-state index in [-0.39, 0.29) is 12.4 Å². The maximum Gasteiger partial charge on any atom is 0.150 e. The number of hydrogen-bond donors (Lipinski definition) is 2. The lowest BCUT2D eigenvalue weighted by molar-refractivity contribution is 0.105. The second kappa shape index (κ2) is 7.02. The van der Waals surface area contributed by atoms with Gasteiger partial charge in [-0.2, -0.15) is 0 Å². The number of aliphatic hydroxyl groups excluding tert-OH is 1. The number of ether oxygens (including phenoxy) is 1. The molecule has 1 aromatic heterocycles. The number of halogens is 1. The maximum absolute atomic E-state index is 12.7. The van der Waals surface area contributed by atoms with E-state index in [2.05, 4.69) is 10.5 Å². The van der Waals surface area contributed by atoms with Gasteiger partial charge in [0.05, 0.1) is 12.2 Å². The van der Waals surface area contributed by atoms with Crippen molar-refractivity contribution < 1.29 is 18.8 Å². The first-order valence-electron chi connectivity index (χ1n) is 6.33. The van der Waals surface area contributed by atoms with E-state index in [0.29, 0.717) is 24.6 Å². The van der Waals surface area contributed by atoms with E-state index in [0.717, 1.165) is 5.69 Å². The number of aromatic nitrogens is 1. The fourth-order valence-electron chi connectivity index (χ4n) is 1.64. The van der Waals surface area contributed by atoms with Gasteiger partial charge in [0.2, 0.25) is 0 Å². The molecule has 2 rings (SSSR count). The van der Waals surface area contributed by atoms with E-state index in [9.17, 15) is 9.50 Å². The summed E-state index contributed by atoms with van der Waals surface area (Å²) in [6.45, 7) is 2.84. The van der Waals surface area contributed by atoms with Gasteiger partial charge in [0.15, 0.2) is 5.76 Å². The van der Waals surface area contributed by atoms with Crippen LogP contribution in [0.15, 0.2) is 34.9 Å². The normalized spacial score (nSPS) is 12.3. The molecule has 108 valence electrons. The second-order valence-electron chi connectivity index (χ2n) is 4.48. The number of hydrogen-bond acceptors (Lipinski definition) is 5. The Balaban J connectivity index is 1.65. The monoisotopic (exact) mass is 280 g/mol. The molecule has 0 saturated heterocycles. The Hall–Kier alpha value is -1.92. The number of aryl methyl sites for hydroxylation is 1. The van der Waals surface area contributed by atoms with E-state index in [1.807, 2.05) is 13.0 Å². The smallest absolute Gasteiger partial charge is 0.150 e. The van der Waals surface area contributed by atoms with Crippen molar-refractivity contribution in [3.63, 3.8) is 0 Å². The standard InChI is InChI=1S/C14H17FN2O3/c1-10-6-14(20-17-10)8-16-7-12(18)9-19-13-4-2-11(15)3-5-13/h2-6,12,16,18H,7-9H2,1H3. The molecule has 2 aromatic rings. The molecule has 0 aliphatic heterocycles. The van der Waals surface area contributed by atoms with Gasteiger partial charge in [-0.05, 0) is 31.2 Å². The van der Waals surface area contributed by atoms with Crippen LogP contribution < -0.4 is 10.1 Å². The van der Waals surface area contributed by atoms with Crippen molar-refractivity contribution in [2.75, 3.05) is 13.2 Å². The summed E-state index contributed by atoms with van der Waals surface area (Å²) in [7, 11) is 0. The molecule has 0 bridgehead atoms. The molecule has 0 fully saturated rings. The molecular formula is C14H17FN2O3. The van der Waals surface area contributed by atoms with Gasteiger partial charge < -0.3 is 19.7 Å². The van der Waals surface area contributed by atoms with Gasteiger partial charge in [0.25, 0.3) is 0 Å². The number of nitrogens with zero attached hydrogens (tertiary/aromatic N) is 1. The molecule has 1 atom stereocenters. The molecule has 0 amide bonds. The second-order valence-corrected chi connectivity index (χ2v) is 4.48. The fourth-order valence-corrected chi connectivity index (χ4v) is 1.64. The fraction of sp³-hybridized carbons (Fsp3) is 0.357. The molecule has 1 heterocycles. The van der Waals surface area contributed by atoms with Crippen molar-refractivity contribution in [1.82, 2.24) is 10.5 Å². The van der Waals surface area contributed by atoms with Crippen LogP contribution in [-0.4, -0.2) is 29.5 Å². The van der Waals surface area contributed by atoms with Crippen LogP contribution in [0.5, 0.6) is 5.75 Å². The van der Waals surface area contributed by atoms with Gasteiger partial charge in [-0.15, -0.1) is 0 Å². The summed E-state index contributed by atoms with van der Waals surface area (Å²) in [5.41, 5.74) is 0.821. The Labute approximate surface area is 116 Å². The van der Waals surface area contributed by atoms with Crippen molar-refractivity contribution in [1.29, 1.82) is 0 Å². The highest BCUT2D eigenvalue weighted by Crippen LogP contribution is 2.11. The third-order valence-electron chi connectivity index (χ3n) is 2.61. The molecule has 1 unspecified atom stereocenters. The SMILES string of the molecule is Cc1cc(CNCC(O)COc2ccc(F)cc2)on1. The first-order chi connectivity index (χ1) is 9.63. The number of aliphatic hydroxyl groups is 1. The van der Waals surface area contributed by atoms with Crippen LogP contribution >= 0.6 is 0 Å². The molecule has 5 nitrogen and oxygen atoms in total. The Bertz CT molecular complexity index is 527. The van der Waals surface area contributed by atoms with Crippen molar-refractivity contribution in [3.8, 4) is 5.75 Å². The van der Waals surface area contributed by atoms with Crippen LogP contribution in [0.1, 0.15) is 11.5 Å². The first kappa shape index (κ1) is 14.5. The van der Waals surface area contributed by atoms with Gasteiger partial charge in [-0.25, -0.2) is 4.39 Å². The molecule has 0 radical (unpaired) electrons. The molecule has 0 aliphatic carbocycles. The summed E-state index contributed by atoms with van der Waals surface area (Å²) in [4.78, 5) is 0. The van der Waals surface area contributed by atoms with Gasteiger partial charge in [0, 0.05) is 12.6 Å². The van der Waals surface area contributed by atoms with Crippen LogP contribution in [0.2, 0.25) is 0 Å². The van der Waals surface area contributed by atoms with Gasteiger partial charge in [-0.3, -0.25) is 0 Å². The lowest BCUT2D eigenvalue weighted by Gasteiger charge is -2.12. The van der Waals surface area contributed by atoms with E-state index in [4.69, 9.17) is 9.26 Å². The number of rotatable bonds is 7. The first-order valence-corrected chi connectivity index (χ1v) is 6.33. The minimum Gasteiger partial charge on any atom is -0.491 e. The molecule has 0 saturated carbocycles. The van der Waals surface area contributed by atoms with E-state index in [1.54, 1.807) is 0 Å². The maximum atomic E-state index is 12.7. The van der Waals surface area contributed by atoms with E-state index >= 15 is 0 Å². The van der Waals surface area contributed by atoms with Crippen molar-refractivity contribution in [2.45, 2.75) is 19.6 Å². The zero-order chi connectivity index (χ0) is 14.4. The molecular weight excluding hydrogens is 263 g/mol. The van der Waals surface area contributed by atoms with Crippen molar-refractivity contribution in [2.24, 2.45) is 0 Å². The van der Waals surface area contributed by atoms with E-state index < -0.39 is 6.10 Å². The average Bonchev–Trinajstić information content (AvgIpc) is 2.84. The summed E-state index contributed by atoms with van der Waals surface area (Å²) in [6, 6.07) is 7.49. The molecule has 0 aliphatic rings. The summed E-state index contributed by atoms with van der Waals surface area (Å²) in [5.74, 6) is 0.923. The largest absolute Gasteiger partial charge is 0.491 e. The van der Waals surface area contributed by atoms with Crippen LogP contribution in [0.25, 0.3) is 0 Å². The van der Waals surface area contributed by atoms with E-state index in [1.165, 1.54) is 24.3 Å². The molecule has 0 spiro atoms. The zero-order valence-electron chi connectivity index (χ0n) is 11.2. The van der Waals surface area contributed by atoms with Gasteiger partial charge in [0.1, 0.15) is 24.3 Å². The number of nitrogens with one attached hydrogen (secondary N) is 1. The summed E-state index contributed by atoms with van der Waals surface area (Å²) in [6.07, 6.45) is -0.663. The third kappa shape index (κ3) is 4.64. The summed E-state index contributed by atoms with van der Waals surface area (Å²) >= 11 is 0. The predicted octanol–water partition coefficient (Wildman–Crippen LogP) is 1.65. The van der Waals surface area contributed by atoms with Crippen LogP contribution in [-0.2, 0) is 6.54 Å². The van der Waals surface area contributed by atoms with Gasteiger partial charge >= 0.3 is 0 Å². The predicted molar refractivity (Wildman–Crippen MR) is 70.8 cm³/mol. The Morgan fingerprint density at radius 3 is 2.80 bits per heavy atom. The zero-order valence-corrected chi connectivity index (χ0v) is 11.2. The Morgan fingerprint density at radius 1 is 1.40 bits per heavy atom. The lowest BCUT2D eigenvalue weighted by atomic mass is 10.3. The molecule has 20 heavy (non-hydrogen) atoms. The number of benzene rings is 1. The minimum absolute atomic E-state index is 0.133. The summed E-state index contributed by atoms with van der Waals surface area (Å²) < 4.78 is 23.0. The highest BCUT2D eigenvalue weighted by Gasteiger charge is 2.06. The lowest BCUT2D eigenvalue weighted by Crippen LogP contribution is -2.31. The summed E-state index contributed by atoms with van der Waals surface area (Å²) in [5, 5.41) is 16.5. The van der Waals surface area contributed by atoms with Crippen LogP contribution in [0.4, 0.5) is 4.39 Å². The molecule has 6 heteroatoms. The van der Waals surface area contributed by atoms with Crippen LogP contribution in [0, 0.1) is 12.7 Å². The average molecular weight is 280 g/mol.